The van der Waals surface area contributed by atoms with Crippen LogP contribution in [0.25, 0.3) is 10.9 Å². The van der Waals surface area contributed by atoms with Crippen molar-refractivity contribution in [2.75, 3.05) is 39.3 Å². The molecule has 1 fully saturated rings. The summed E-state index contributed by atoms with van der Waals surface area (Å²) in [6.45, 7) is 1.75. The minimum Gasteiger partial charge on any atom is -0.493 e. The quantitative estimate of drug-likeness (QED) is 0.351. The first-order chi connectivity index (χ1) is 18.9. The summed E-state index contributed by atoms with van der Waals surface area (Å²) in [6.07, 6.45) is 1.96. The lowest BCUT2D eigenvalue weighted by Crippen LogP contribution is -2.50. The van der Waals surface area contributed by atoms with Crippen LogP contribution >= 0.6 is 0 Å². The number of nitrogens with zero attached hydrogens (tertiary/aromatic N) is 4. The summed E-state index contributed by atoms with van der Waals surface area (Å²) in [7, 11) is 5.00. The average Bonchev–Trinajstić information content (AvgIpc) is 2.97. The number of hydrogen-bond donors (Lipinski definition) is 1. The van der Waals surface area contributed by atoms with Crippen LogP contribution in [0.5, 0.6) is 17.4 Å². The molecular weight excluding hydrogens is 492 g/mol. The van der Waals surface area contributed by atoms with Gasteiger partial charge in [-0.3, -0.25) is 4.79 Å². The predicted octanol–water partition coefficient (Wildman–Crippen LogP) is 4.84. The molecule has 0 spiro atoms. The molecule has 1 saturated heterocycles. The number of rotatable bonds is 8. The van der Waals surface area contributed by atoms with Gasteiger partial charge >= 0.3 is 0 Å². The molecule has 8 nitrogen and oxygen atoms in total. The van der Waals surface area contributed by atoms with E-state index >= 15 is 0 Å². The van der Waals surface area contributed by atoms with E-state index in [9.17, 15) is 9.90 Å². The lowest BCUT2D eigenvalue weighted by molar-refractivity contribution is -0.142. The first-order valence-electron chi connectivity index (χ1n) is 13.1. The molecule has 0 aliphatic carbocycles. The Hall–Kier alpha value is -4.33. The Morgan fingerprint density at radius 3 is 2.13 bits per heavy atom. The molecular formula is C31H34N4O4. The Labute approximate surface area is 228 Å². The molecule has 39 heavy (non-hydrogen) atoms. The van der Waals surface area contributed by atoms with Gasteiger partial charge in [-0.2, -0.15) is 4.98 Å². The number of benzene rings is 3. The van der Waals surface area contributed by atoms with Crippen molar-refractivity contribution in [3.05, 3.63) is 83.9 Å². The third-order valence-corrected chi connectivity index (χ3v) is 7.62. The van der Waals surface area contributed by atoms with E-state index in [0.29, 0.717) is 67.2 Å². The molecule has 0 radical (unpaired) electrons. The van der Waals surface area contributed by atoms with Crippen molar-refractivity contribution in [2.24, 2.45) is 5.41 Å². The van der Waals surface area contributed by atoms with Crippen molar-refractivity contribution in [1.29, 1.82) is 0 Å². The molecule has 2 heterocycles. The first kappa shape index (κ1) is 26.3. The maximum atomic E-state index is 14.0. The number of amides is 1. The van der Waals surface area contributed by atoms with Gasteiger partial charge in [-0.05, 0) is 36.5 Å². The molecule has 4 aromatic rings. The zero-order valence-electron chi connectivity index (χ0n) is 22.6. The van der Waals surface area contributed by atoms with E-state index in [-0.39, 0.29) is 11.8 Å². The van der Waals surface area contributed by atoms with E-state index in [2.05, 4.69) is 17.1 Å². The fourth-order valence-corrected chi connectivity index (χ4v) is 5.49. The number of carbonyl (C=O) groups excluding carboxylic acids is 1. The minimum absolute atomic E-state index is 0.115. The van der Waals surface area contributed by atoms with Gasteiger partial charge in [0.05, 0.1) is 30.5 Å². The van der Waals surface area contributed by atoms with E-state index in [1.165, 1.54) is 0 Å². The van der Waals surface area contributed by atoms with E-state index in [1.807, 2.05) is 65.4 Å². The number of aromatic hydroxyl groups is 1. The highest BCUT2D eigenvalue weighted by molar-refractivity contribution is 5.88. The normalized spacial score (nSPS) is 14.7. The minimum atomic E-state index is -0.545. The van der Waals surface area contributed by atoms with Gasteiger partial charge in [0.25, 0.3) is 0 Å². The topological polar surface area (TPSA) is 88.0 Å². The lowest BCUT2D eigenvalue weighted by atomic mass is 9.72. The molecule has 8 heteroatoms. The Kier molecular flexibility index (Phi) is 7.54. The van der Waals surface area contributed by atoms with Crippen molar-refractivity contribution in [3.63, 3.8) is 0 Å². The molecule has 1 amide bonds. The molecule has 202 valence electrons. The Balaban J connectivity index is 1.40. The maximum Gasteiger partial charge on any atom is 0.229 e. The number of fused-ring (bicyclic) bond motifs is 1. The number of piperidine rings is 1. The highest BCUT2D eigenvalue weighted by Crippen LogP contribution is 2.40. The molecule has 1 aliphatic rings. The Morgan fingerprint density at radius 1 is 0.923 bits per heavy atom. The van der Waals surface area contributed by atoms with Gasteiger partial charge in [-0.1, -0.05) is 60.7 Å². The monoisotopic (exact) mass is 526 g/mol. The molecule has 1 aliphatic heterocycles. The van der Waals surface area contributed by atoms with Gasteiger partial charge in [-0.15, -0.1) is 0 Å². The van der Waals surface area contributed by atoms with Crippen molar-refractivity contribution >= 4 is 22.8 Å². The molecule has 0 bridgehead atoms. The second-order valence-electron chi connectivity index (χ2n) is 10.1. The standard InChI is InChI=1S/C31H34N4O4/c1-34(21-23-12-8-5-9-13-23)29(37)31(20-22-10-6-4-7-11-22)14-16-35(17-15-31)30-32-25-19-27(39-3)26(38-2)18-24(25)28(36)33-30/h4-13,18-19H,14-17,20-21H2,1-3H3,(H,32,33,36). The van der Waals surface area contributed by atoms with Crippen LogP contribution in [0.4, 0.5) is 5.95 Å². The summed E-state index contributed by atoms with van der Waals surface area (Å²) < 4.78 is 10.8. The second kappa shape index (κ2) is 11.2. The molecule has 0 unspecified atom stereocenters. The van der Waals surface area contributed by atoms with Crippen LogP contribution in [0, 0.1) is 5.41 Å². The smallest absolute Gasteiger partial charge is 0.229 e. The van der Waals surface area contributed by atoms with Crippen LogP contribution in [0.2, 0.25) is 0 Å². The van der Waals surface area contributed by atoms with Gasteiger partial charge in [-0.25, -0.2) is 4.98 Å². The van der Waals surface area contributed by atoms with Gasteiger partial charge in [0, 0.05) is 32.7 Å². The summed E-state index contributed by atoms with van der Waals surface area (Å²) in [5.41, 5.74) is 2.27. The molecule has 5 rings (SSSR count). The number of anilines is 1. The van der Waals surface area contributed by atoms with Gasteiger partial charge < -0.3 is 24.4 Å². The first-order valence-corrected chi connectivity index (χ1v) is 13.1. The third kappa shape index (κ3) is 5.46. The summed E-state index contributed by atoms with van der Waals surface area (Å²) in [5.74, 6) is 1.50. The number of hydrogen-bond acceptors (Lipinski definition) is 7. The van der Waals surface area contributed by atoms with Crippen molar-refractivity contribution in [2.45, 2.75) is 25.8 Å². The van der Waals surface area contributed by atoms with Crippen LogP contribution in [0.3, 0.4) is 0 Å². The van der Waals surface area contributed by atoms with E-state index in [4.69, 9.17) is 14.5 Å². The van der Waals surface area contributed by atoms with Gasteiger partial charge in [0.2, 0.25) is 17.7 Å². The predicted molar refractivity (Wildman–Crippen MR) is 151 cm³/mol. The fraction of sp³-hybridized carbons (Fsp3) is 0.323. The van der Waals surface area contributed by atoms with Crippen molar-refractivity contribution < 1.29 is 19.4 Å². The van der Waals surface area contributed by atoms with Crippen LogP contribution in [-0.2, 0) is 17.8 Å². The van der Waals surface area contributed by atoms with Gasteiger partial charge in [0.15, 0.2) is 11.5 Å². The summed E-state index contributed by atoms with van der Waals surface area (Å²) in [5, 5.41) is 11.2. The fourth-order valence-electron chi connectivity index (χ4n) is 5.49. The second-order valence-corrected chi connectivity index (χ2v) is 10.1. The third-order valence-electron chi connectivity index (χ3n) is 7.62. The zero-order chi connectivity index (χ0) is 27.4. The van der Waals surface area contributed by atoms with Crippen LogP contribution in [-0.4, -0.2) is 60.2 Å². The highest BCUT2D eigenvalue weighted by atomic mass is 16.5. The molecule has 3 aromatic carbocycles. The largest absolute Gasteiger partial charge is 0.493 e. The molecule has 0 atom stereocenters. The highest BCUT2D eigenvalue weighted by Gasteiger charge is 2.43. The zero-order valence-corrected chi connectivity index (χ0v) is 22.6. The van der Waals surface area contributed by atoms with Crippen LogP contribution in [0.1, 0.15) is 24.0 Å². The van der Waals surface area contributed by atoms with E-state index in [0.717, 1.165) is 11.1 Å². The number of ether oxygens (including phenoxy) is 2. The summed E-state index contributed by atoms with van der Waals surface area (Å²) >= 11 is 0. The molecule has 1 N–H and O–H groups in total. The lowest BCUT2D eigenvalue weighted by Gasteiger charge is -2.42. The molecule has 1 aromatic heterocycles. The maximum absolute atomic E-state index is 14.0. The molecule has 0 saturated carbocycles. The van der Waals surface area contributed by atoms with Crippen molar-refractivity contribution in [1.82, 2.24) is 14.9 Å². The SMILES string of the molecule is COc1cc2nc(N3CCC(Cc4ccccc4)(C(=O)N(C)Cc4ccccc4)CC3)nc(O)c2cc1OC. The summed E-state index contributed by atoms with van der Waals surface area (Å²) in [4.78, 5) is 27.1. The number of methoxy groups -OCH3 is 2. The number of aromatic nitrogens is 2. The van der Waals surface area contributed by atoms with Crippen LogP contribution < -0.4 is 14.4 Å². The van der Waals surface area contributed by atoms with Crippen LogP contribution in [0.15, 0.2) is 72.8 Å². The average molecular weight is 527 g/mol. The summed E-state index contributed by atoms with van der Waals surface area (Å²) in [6, 6.07) is 23.7. The number of carbonyl (C=O) groups is 1. The Bertz CT molecular complexity index is 1440. The van der Waals surface area contributed by atoms with E-state index < -0.39 is 5.41 Å². The Morgan fingerprint density at radius 2 is 1.51 bits per heavy atom. The van der Waals surface area contributed by atoms with E-state index in [1.54, 1.807) is 26.4 Å². The van der Waals surface area contributed by atoms with Gasteiger partial charge in [0.1, 0.15) is 0 Å². The van der Waals surface area contributed by atoms with Crippen molar-refractivity contribution in [3.8, 4) is 17.4 Å².